The number of thiazole rings is 1. The number of carbonyl (C=O) groups excluding carboxylic acids is 1. The number of rotatable bonds is 4. The molecule has 0 bridgehead atoms. The average Bonchev–Trinajstić information content (AvgIpc) is 3.42. The zero-order valence-electron chi connectivity index (χ0n) is 18.0. The van der Waals surface area contributed by atoms with Gasteiger partial charge in [-0.25, -0.2) is 9.37 Å². The van der Waals surface area contributed by atoms with Crippen LogP contribution < -0.4 is 4.74 Å². The number of benzene rings is 2. The highest BCUT2D eigenvalue weighted by Gasteiger charge is 2.28. The quantitative estimate of drug-likeness (QED) is 0.430. The van der Waals surface area contributed by atoms with Gasteiger partial charge in [-0.15, -0.1) is 11.3 Å². The Morgan fingerprint density at radius 1 is 1.19 bits per heavy atom. The minimum absolute atomic E-state index is 0.0346. The third kappa shape index (κ3) is 3.77. The van der Waals surface area contributed by atoms with E-state index in [9.17, 15) is 9.18 Å². The molecule has 2 aromatic carbocycles. The van der Waals surface area contributed by atoms with Crippen LogP contribution in [0.15, 0.2) is 48.7 Å². The van der Waals surface area contributed by atoms with E-state index in [1.165, 1.54) is 34.4 Å². The number of halogens is 1. The first kappa shape index (κ1) is 20.7. The first-order valence-electron chi connectivity index (χ1n) is 10.7. The summed E-state index contributed by atoms with van der Waals surface area (Å²) in [5.41, 5.74) is 3.95. The molecule has 5 nitrogen and oxygen atoms in total. The maximum absolute atomic E-state index is 13.2. The van der Waals surface area contributed by atoms with E-state index in [0.29, 0.717) is 23.9 Å². The van der Waals surface area contributed by atoms with Gasteiger partial charge in [0, 0.05) is 35.8 Å². The third-order valence-corrected chi connectivity index (χ3v) is 7.42. The van der Waals surface area contributed by atoms with Crippen molar-refractivity contribution in [3.05, 3.63) is 70.6 Å². The molecule has 1 fully saturated rings. The Hall–Kier alpha value is -3.19. The van der Waals surface area contributed by atoms with Crippen molar-refractivity contribution < 1.29 is 13.9 Å². The Morgan fingerprint density at radius 2 is 1.94 bits per heavy atom. The number of aryl methyl sites for hydroxylation is 1. The van der Waals surface area contributed by atoms with Gasteiger partial charge in [0.15, 0.2) is 0 Å². The summed E-state index contributed by atoms with van der Waals surface area (Å²) < 4.78 is 18.6. The van der Waals surface area contributed by atoms with Gasteiger partial charge in [0.25, 0.3) is 5.91 Å². The lowest BCUT2D eigenvalue weighted by molar-refractivity contribution is 0.0717. The van der Waals surface area contributed by atoms with Crippen molar-refractivity contribution in [2.45, 2.75) is 25.7 Å². The summed E-state index contributed by atoms with van der Waals surface area (Å²) in [6, 6.07) is 12.3. The van der Waals surface area contributed by atoms with Crippen molar-refractivity contribution in [3.8, 4) is 16.3 Å². The van der Waals surface area contributed by atoms with Gasteiger partial charge in [-0.05, 0) is 73.7 Å². The molecule has 0 spiro atoms. The molecule has 2 aromatic heterocycles. The van der Waals surface area contributed by atoms with Gasteiger partial charge in [0.05, 0.1) is 12.8 Å². The Labute approximate surface area is 189 Å². The molecule has 0 saturated carbocycles. The molecule has 7 heteroatoms. The Bertz CT molecular complexity index is 1270. The summed E-state index contributed by atoms with van der Waals surface area (Å²) in [4.78, 5) is 23.7. The van der Waals surface area contributed by atoms with E-state index in [2.05, 4.69) is 22.2 Å². The van der Waals surface area contributed by atoms with Crippen molar-refractivity contribution >= 4 is 28.1 Å². The van der Waals surface area contributed by atoms with Crippen LogP contribution in [0.5, 0.6) is 5.75 Å². The lowest BCUT2D eigenvalue weighted by Gasteiger charge is -2.31. The Kier molecular flexibility index (Phi) is 5.43. The lowest BCUT2D eigenvalue weighted by atomic mass is 9.89. The first-order valence-corrected chi connectivity index (χ1v) is 11.5. The predicted octanol–water partition coefficient (Wildman–Crippen LogP) is 5.77. The largest absolute Gasteiger partial charge is 0.497 e. The number of aromatic nitrogens is 2. The van der Waals surface area contributed by atoms with E-state index in [1.54, 1.807) is 19.2 Å². The van der Waals surface area contributed by atoms with Crippen LogP contribution in [-0.2, 0) is 0 Å². The first-order chi connectivity index (χ1) is 15.5. The molecule has 1 aliphatic rings. The SMILES string of the molecule is COc1ccc2[nH]cc(C3CCN(C(=O)c4sc(-c5ccc(F)cc5)nc4C)CC3)c2c1. The highest BCUT2D eigenvalue weighted by Crippen LogP contribution is 2.36. The van der Waals surface area contributed by atoms with Gasteiger partial charge < -0.3 is 14.6 Å². The minimum atomic E-state index is -0.283. The van der Waals surface area contributed by atoms with E-state index < -0.39 is 0 Å². The van der Waals surface area contributed by atoms with Gasteiger partial charge in [-0.3, -0.25) is 4.79 Å². The average molecular weight is 450 g/mol. The lowest BCUT2D eigenvalue weighted by Crippen LogP contribution is -2.37. The number of hydrogen-bond donors (Lipinski definition) is 1. The molecule has 0 atom stereocenters. The normalized spacial score (nSPS) is 14.8. The summed E-state index contributed by atoms with van der Waals surface area (Å²) >= 11 is 1.38. The number of piperidine rings is 1. The van der Waals surface area contributed by atoms with E-state index in [0.717, 1.165) is 40.4 Å². The molecule has 0 radical (unpaired) electrons. The highest BCUT2D eigenvalue weighted by molar-refractivity contribution is 7.17. The summed E-state index contributed by atoms with van der Waals surface area (Å²) in [6.07, 6.45) is 3.92. The molecule has 1 amide bonds. The molecule has 3 heterocycles. The Morgan fingerprint density at radius 3 is 2.66 bits per heavy atom. The van der Waals surface area contributed by atoms with Crippen LogP contribution in [0.2, 0.25) is 0 Å². The summed E-state index contributed by atoms with van der Waals surface area (Å²) in [5.74, 6) is 1.00. The monoisotopic (exact) mass is 449 g/mol. The summed E-state index contributed by atoms with van der Waals surface area (Å²) in [5, 5.41) is 1.94. The van der Waals surface area contributed by atoms with Gasteiger partial charge >= 0.3 is 0 Å². The second-order valence-electron chi connectivity index (χ2n) is 8.16. The zero-order chi connectivity index (χ0) is 22.2. The number of fused-ring (bicyclic) bond motifs is 1. The number of likely N-dealkylation sites (tertiary alicyclic amines) is 1. The second-order valence-corrected chi connectivity index (χ2v) is 9.16. The number of methoxy groups -OCH3 is 1. The molecule has 4 aromatic rings. The molecule has 32 heavy (non-hydrogen) atoms. The van der Waals surface area contributed by atoms with Crippen LogP contribution >= 0.6 is 11.3 Å². The van der Waals surface area contributed by atoms with Crippen molar-refractivity contribution in [2.24, 2.45) is 0 Å². The van der Waals surface area contributed by atoms with Crippen LogP contribution in [0.4, 0.5) is 4.39 Å². The minimum Gasteiger partial charge on any atom is -0.497 e. The van der Waals surface area contributed by atoms with E-state index >= 15 is 0 Å². The van der Waals surface area contributed by atoms with Crippen LogP contribution in [0, 0.1) is 12.7 Å². The maximum atomic E-state index is 13.2. The number of H-pyrrole nitrogens is 1. The number of ether oxygens (including phenoxy) is 1. The fourth-order valence-electron chi connectivity index (χ4n) is 4.43. The molecular formula is C25H24FN3O2S. The molecule has 0 unspecified atom stereocenters. The summed E-state index contributed by atoms with van der Waals surface area (Å²) in [7, 11) is 1.68. The predicted molar refractivity (Wildman–Crippen MR) is 125 cm³/mol. The van der Waals surface area contributed by atoms with E-state index in [1.807, 2.05) is 24.0 Å². The Balaban J connectivity index is 1.31. The molecular weight excluding hydrogens is 425 g/mol. The fourth-order valence-corrected chi connectivity index (χ4v) is 5.47. The van der Waals surface area contributed by atoms with Crippen molar-refractivity contribution in [1.82, 2.24) is 14.9 Å². The topological polar surface area (TPSA) is 58.2 Å². The number of aromatic amines is 1. The van der Waals surface area contributed by atoms with Crippen molar-refractivity contribution in [2.75, 3.05) is 20.2 Å². The molecule has 5 rings (SSSR count). The number of hydrogen-bond acceptors (Lipinski definition) is 4. The standard InChI is InChI=1S/C25H24FN3O2S/c1-15-23(32-24(28-15)17-3-5-18(26)6-4-17)25(30)29-11-9-16(10-12-29)21-14-27-22-8-7-19(31-2)13-20(21)22/h3-8,13-14,16,27H,9-12H2,1-2H3. The second kappa shape index (κ2) is 8.39. The van der Waals surface area contributed by atoms with Crippen LogP contribution in [0.25, 0.3) is 21.5 Å². The zero-order valence-corrected chi connectivity index (χ0v) is 18.8. The van der Waals surface area contributed by atoms with Crippen LogP contribution in [0.1, 0.15) is 39.7 Å². The van der Waals surface area contributed by atoms with Gasteiger partial charge in [0.2, 0.25) is 0 Å². The highest BCUT2D eigenvalue weighted by atomic mass is 32.1. The smallest absolute Gasteiger partial charge is 0.265 e. The van der Waals surface area contributed by atoms with Crippen molar-refractivity contribution in [1.29, 1.82) is 0 Å². The number of nitrogens with one attached hydrogen (secondary N) is 1. The summed E-state index contributed by atoms with van der Waals surface area (Å²) in [6.45, 7) is 3.29. The van der Waals surface area contributed by atoms with Crippen molar-refractivity contribution in [3.63, 3.8) is 0 Å². The van der Waals surface area contributed by atoms with Gasteiger partial charge in [0.1, 0.15) is 21.5 Å². The fraction of sp³-hybridized carbons (Fsp3) is 0.280. The molecule has 1 N–H and O–H groups in total. The molecule has 0 aliphatic carbocycles. The van der Waals surface area contributed by atoms with E-state index in [-0.39, 0.29) is 11.7 Å². The van der Waals surface area contributed by atoms with Gasteiger partial charge in [-0.2, -0.15) is 0 Å². The number of nitrogens with zero attached hydrogens (tertiary/aromatic N) is 2. The van der Waals surface area contributed by atoms with Gasteiger partial charge in [-0.1, -0.05) is 0 Å². The number of amides is 1. The maximum Gasteiger partial charge on any atom is 0.265 e. The molecule has 1 saturated heterocycles. The third-order valence-electron chi connectivity index (χ3n) is 6.22. The number of carbonyl (C=O) groups is 1. The van der Waals surface area contributed by atoms with E-state index in [4.69, 9.17) is 4.74 Å². The molecule has 1 aliphatic heterocycles. The van der Waals surface area contributed by atoms with Crippen LogP contribution in [-0.4, -0.2) is 41.0 Å². The molecule has 164 valence electrons. The van der Waals surface area contributed by atoms with Crippen LogP contribution in [0.3, 0.4) is 0 Å².